The SMILES string of the molecule is CC(C)(C)c1ccc(C(=O)c2c[nH]c(C(=O)NC[C@@H]3CCCO3)c2)cc1. The lowest BCUT2D eigenvalue weighted by atomic mass is 9.86. The van der Waals surface area contributed by atoms with Gasteiger partial charge in [0.1, 0.15) is 5.69 Å². The molecular weight excluding hydrogens is 328 g/mol. The van der Waals surface area contributed by atoms with Gasteiger partial charge in [-0.3, -0.25) is 9.59 Å². The van der Waals surface area contributed by atoms with Crippen molar-refractivity contribution in [3.63, 3.8) is 0 Å². The number of nitrogens with one attached hydrogen (secondary N) is 2. The van der Waals surface area contributed by atoms with Crippen LogP contribution in [0.1, 0.15) is 65.6 Å². The summed E-state index contributed by atoms with van der Waals surface area (Å²) in [5.41, 5.74) is 2.71. The number of aromatic amines is 1. The molecule has 138 valence electrons. The van der Waals surface area contributed by atoms with Crippen LogP contribution in [0.25, 0.3) is 0 Å². The van der Waals surface area contributed by atoms with Gasteiger partial charge in [0.2, 0.25) is 0 Å². The van der Waals surface area contributed by atoms with Crippen molar-refractivity contribution in [2.45, 2.75) is 45.1 Å². The summed E-state index contributed by atoms with van der Waals surface area (Å²) in [7, 11) is 0. The second kappa shape index (κ2) is 7.46. The lowest BCUT2D eigenvalue weighted by molar-refractivity contribution is 0.0854. The van der Waals surface area contributed by atoms with E-state index >= 15 is 0 Å². The third-order valence-electron chi connectivity index (χ3n) is 4.72. The fraction of sp³-hybridized carbons (Fsp3) is 0.429. The lowest BCUT2D eigenvalue weighted by Crippen LogP contribution is -2.31. The molecule has 1 fully saturated rings. The summed E-state index contributed by atoms with van der Waals surface area (Å²) in [5, 5.41) is 2.85. The Morgan fingerprint density at radius 3 is 2.54 bits per heavy atom. The highest BCUT2D eigenvalue weighted by Gasteiger charge is 2.19. The highest BCUT2D eigenvalue weighted by atomic mass is 16.5. The summed E-state index contributed by atoms with van der Waals surface area (Å²) >= 11 is 0. The summed E-state index contributed by atoms with van der Waals surface area (Å²) < 4.78 is 5.49. The first kappa shape index (κ1) is 18.4. The molecule has 0 spiro atoms. The summed E-state index contributed by atoms with van der Waals surface area (Å²) in [6.45, 7) is 7.66. The van der Waals surface area contributed by atoms with Gasteiger partial charge < -0.3 is 15.0 Å². The molecule has 1 saturated heterocycles. The topological polar surface area (TPSA) is 71.2 Å². The molecule has 2 N–H and O–H groups in total. The van der Waals surface area contributed by atoms with Crippen LogP contribution in [-0.4, -0.2) is 35.9 Å². The van der Waals surface area contributed by atoms with Crippen molar-refractivity contribution in [3.8, 4) is 0 Å². The molecule has 1 aromatic heterocycles. The van der Waals surface area contributed by atoms with E-state index < -0.39 is 0 Å². The number of carbonyl (C=O) groups excluding carboxylic acids is 2. The molecule has 3 rings (SSSR count). The Balaban J connectivity index is 1.64. The van der Waals surface area contributed by atoms with E-state index in [4.69, 9.17) is 4.74 Å². The summed E-state index contributed by atoms with van der Waals surface area (Å²) in [5.74, 6) is -0.317. The number of ketones is 1. The Bertz CT molecular complexity index is 778. The maximum Gasteiger partial charge on any atom is 0.267 e. The summed E-state index contributed by atoms with van der Waals surface area (Å²) in [4.78, 5) is 27.8. The highest BCUT2D eigenvalue weighted by molar-refractivity contribution is 6.10. The van der Waals surface area contributed by atoms with E-state index in [0.29, 0.717) is 23.4 Å². The monoisotopic (exact) mass is 354 g/mol. The number of amides is 1. The number of hydrogen-bond acceptors (Lipinski definition) is 3. The van der Waals surface area contributed by atoms with Gasteiger partial charge in [-0.05, 0) is 29.9 Å². The Kier molecular flexibility index (Phi) is 5.28. The molecule has 0 aliphatic carbocycles. The fourth-order valence-electron chi connectivity index (χ4n) is 3.05. The quantitative estimate of drug-likeness (QED) is 0.808. The number of hydrogen-bond donors (Lipinski definition) is 2. The molecule has 0 bridgehead atoms. The Hall–Kier alpha value is -2.40. The van der Waals surface area contributed by atoms with Gasteiger partial charge in [0, 0.05) is 30.5 Å². The van der Waals surface area contributed by atoms with Gasteiger partial charge in [0.05, 0.1) is 6.10 Å². The number of H-pyrrole nitrogens is 1. The van der Waals surface area contributed by atoms with Crippen LogP contribution in [-0.2, 0) is 10.2 Å². The van der Waals surface area contributed by atoms with Crippen LogP contribution in [0.15, 0.2) is 36.5 Å². The smallest absolute Gasteiger partial charge is 0.267 e. The number of benzene rings is 1. The molecule has 0 radical (unpaired) electrons. The van der Waals surface area contributed by atoms with E-state index in [1.165, 1.54) is 5.56 Å². The van der Waals surface area contributed by atoms with Crippen molar-refractivity contribution >= 4 is 11.7 Å². The third-order valence-corrected chi connectivity index (χ3v) is 4.72. The Morgan fingerprint density at radius 1 is 1.19 bits per heavy atom. The summed E-state index contributed by atoms with van der Waals surface area (Å²) in [6, 6.07) is 9.25. The molecular formula is C21H26N2O3. The van der Waals surface area contributed by atoms with Gasteiger partial charge in [0.25, 0.3) is 5.91 Å². The number of rotatable bonds is 5. The Morgan fingerprint density at radius 2 is 1.92 bits per heavy atom. The normalized spacial score (nSPS) is 17.3. The maximum absolute atomic E-state index is 12.6. The van der Waals surface area contributed by atoms with Gasteiger partial charge >= 0.3 is 0 Å². The molecule has 2 heterocycles. The maximum atomic E-state index is 12.6. The standard InChI is InChI=1S/C21H26N2O3/c1-21(2,3)16-8-6-14(7-9-16)19(24)15-11-18(22-12-15)20(25)23-13-17-5-4-10-26-17/h6-9,11-12,17,22H,4-5,10,13H2,1-3H3,(H,23,25)/t17-/m0/s1. The van der Waals surface area contributed by atoms with Crippen LogP contribution in [0, 0.1) is 0 Å². The van der Waals surface area contributed by atoms with E-state index in [2.05, 4.69) is 31.1 Å². The average Bonchev–Trinajstić information content (AvgIpc) is 3.30. The molecule has 1 aliphatic heterocycles. The average molecular weight is 354 g/mol. The highest BCUT2D eigenvalue weighted by Crippen LogP contribution is 2.23. The van der Waals surface area contributed by atoms with Crippen LogP contribution < -0.4 is 5.32 Å². The molecule has 1 amide bonds. The van der Waals surface area contributed by atoms with E-state index in [1.54, 1.807) is 12.3 Å². The zero-order valence-electron chi connectivity index (χ0n) is 15.6. The molecule has 1 atom stereocenters. The van der Waals surface area contributed by atoms with Crippen LogP contribution >= 0.6 is 0 Å². The lowest BCUT2D eigenvalue weighted by Gasteiger charge is -2.18. The third kappa shape index (κ3) is 4.22. The zero-order chi connectivity index (χ0) is 18.7. The van der Waals surface area contributed by atoms with Gasteiger partial charge in [-0.2, -0.15) is 0 Å². The van der Waals surface area contributed by atoms with Crippen LogP contribution in [0.2, 0.25) is 0 Å². The van der Waals surface area contributed by atoms with Crippen molar-refractivity contribution in [1.82, 2.24) is 10.3 Å². The first-order valence-electron chi connectivity index (χ1n) is 9.08. The van der Waals surface area contributed by atoms with Gasteiger partial charge in [-0.15, -0.1) is 0 Å². The number of aromatic nitrogens is 1. The van der Waals surface area contributed by atoms with Gasteiger partial charge in [-0.1, -0.05) is 45.0 Å². The van der Waals surface area contributed by atoms with Crippen LogP contribution in [0.4, 0.5) is 0 Å². The molecule has 0 saturated carbocycles. The van der Waals surface area contributed by atoms with E-state index in [9.17, 15) is 9.59 Å². The minimum atomic E-state index is -0.220. The van der Waals surface area contributed by atoms with E-state index in [-0.39, 0.29) is 23.2 Å². The van der Waals surface area contributed by atoms with Gasteiger partial charge in [0.15, 0.2) is 5.78 Å². The van der Waals surface area contributed by atoms with Crippen molar-refractivity contribution in [3.05, 3.63) is 58.9 Å². The van der Waals surface area contributed by atoms with E-state index in [1.807, 2.05) is 24.3 Å². The molecule has 5 heteroatoms. The number of carbonyl (C=O) groups is 2. The Labute approximate surface area is 154 Å². The van der Waals surface area contributed by atoms with Crippen molar-refractivity contribution in [2.24, 2.45) is 0 Å². The fourth-order valence-corrected chi connectivity index (χ4v) is 3.05. The first-order chi connectivity index (χ1) is 12.3. The molecule has 0 unspecified atom stereocenters. The van der Waals surface area contributed by atoms with Crippen molar-refractivity contribution in [1.29, 1.82) is 0 Å². The zero-order valence-corrected chi connectivity index (χ0v) is 15.6. The molecule has 1 aliphatic rings. The predicted octanol–water partition coefficient (Wildman–Crippen LogP) is 3.45. The second-order valence-electron chi connectivity index (χ2n) is 7.80. The molecule has 1 aromatic carbocycles. The molecule has 26 heavy (non-hydrogen) atoms. The minimum absolute atomic E-state index is 0.0456. The van der Waals surface area contributed by atoms with E-state index in [0.717, 1.165) is 19.4 Å². The first-order valence-corrected chi connectivity index (χ1v) is 9.08. The largest absolute Gasteiger partial charge is 0.376 e. The molecule has 2 aromatic rings. The predicted molar refractivity (Wildman–Crippen MR) is 101 cm³/mol. The summed E-state index contributed by atoms with van der Waals surface area (Å²) in [6.07, 6.45) is 3.69. The van der Waals surface area contributed by atoms with Crippen LogP contribution in [0.5, 0.6) is 0 Å². The van der Waals surface area contributed by atoms with Crippen molar-refractivity contribution < 1.29 is 14.3 Å². The second-order valence-corrected chi connectivity index (χ2v) is 7.80. The van der Waals surface area contributed by atoms with Crippen LogP contribution in [0.3, 0.4) is 0 Å². The van der Waals surface area contributed by atoms with Gasteiger partial charge in [-0.25, -0.2) is 0 Å². The number of ether oxygens (including phenoxy) is 1. The minimum Gasteiger partial charge on any atom is -0.376 e. The molecule has 5 nitrogen and oxygen atoms in total. The van der Waals surface area contributed by atoms with Crippen molar-refractivity contribution in [2.75, 3.05) is 13.2 Å².